The van der Waals surface area contributed by atoms with E-state index in [-0.39, 0.29) is 5.78 Å². The highest BCUT2D eigenvalue weighted by molar-refractivity contribution is 6.16. The molecular weight excluding hydrogens is 262 g/mol. The van der Waals surface area contributed by atoms with Crippen LogP contribution in [0.2, 0.25) is 0 Å². The van der Waals surface area contributed by atoms with Crippen LogP contribution in [0.15, 0.2) is 48.7 Å². The molecule has 0 fully saturated rings. The molecule has 0 aliphatic carbocycles. The Morgan fingerprint density at radius 3 is 2.95 bits per heavy atom. The maximum absolute atomic E-state index is 12.8. The van der Waals surface area contributed by atoms with Crippen LogP contribution in [0.1, 0.15) is 21.5 Å². The number of nitrogens with zero attached hydrogens (tertiary/aromatic N) is 1. The van der Waals surface area contributed by atoms with Gasteiger partial charge in [0.05, 0.1) is 6.61 Å². The van der Waals surface area contributed by atoms with Crippen molar-refractivity contribution in [1.82, 2.24) is 4.57 Å². The van der Waals surface area contributed by atoms with Crippen molar-refractivity contribution in [3.8, 4) is 5.75 Å². The van der Waals surface area contributed by atoms with Crippen LogP contribution >= 0.6 is 0 Å². The molecule has 21 heavy (non-hydrogen) atoms. The van der Waals surface area contributed by atoms with Crippen LogP contribution in [0.3, 0.4) is 0 Å². The van der Waals surface area contributed by atoms with Gasteiger partial charge in [-0.2, -0.15) is 0 Å². The minimum absolute atomic E-state index is 0.0708. The molecule has 2 aromatic carbocycles. The van der Waals surface area contributed by atoms with Crippen molar-refractivity contribution in [2.45, 2.75) is 6.42 Å². The highest BCUT2D eigenvalue weighted by atomic mass is 16.5. The maximum atomic E-state index is 12.8. The molecule has 1 aliphatic heterocycles. The molecule has 0 bridgehead atoms. The Labute approximate surface area is 122 Å². The maximum Gasteiger partial charge on any atom is 0.195 e. The molecule has 0 saturated carbocycles. The molecule has 0 radical (unpaired) electrons. The van der Waals surface area contributed by atoms with E-state index in [0.29, 0.717) is 6.61 Å². The number of aryl methyl sites for hydroxylation is 1. The van der Waals surface area contributed by atoms with Crippen molar-refractivity contribution in [2.24, 2.45) is 7.05 Å². The molecule has 0 spiro atoms. The molecule has 3 aromatic rings. The van der Waals surface area contributed by atoms with Gasteiger partial charge in [0.25, 0.3) is 0 Å². The van der Waals surface area contributed by atoms with Crippen molar-refractivity contribution in [1.29, 1.82) is 0 Å². The van der Waals surface area contributed by atoms with Gasteiger partial charge in [0.1, 0.15) is 5.75 Å². The summed E-state index contributed by atoms with van der Waals surface area (Å²) in [5, 5.41) is 1.00. The molecule has 0 atom stereocenters. The van der Waals surface area contributed by atoms with Gasteiger partial charge in [-0.1, -0.05) is 18.2 Å². The molecule has 0 saturated heterocycles. The average molecular weight is 277 g/mol. The standard InChI is InChI=1S/C18H15NO2/c1-19-11-15(14-4-2-3-5-16(14)19)18(20)13-6-7-17-12(10-13)8-9-21-17/h2-7,10-11H,8-9H2,1H3. The van der Waals surface area contributed by atoms with Crippen LogP contribution in [0.5, 0.6) is 5.75 Å². The summed E-state index contributed by atoms with van der Waals surface area (Å²) >= 11 is 0. The summed E-state index contributed by atoms with van der Waals surface area (Å²) in [6.07, 6.45) is 2.79. The largest absolute Gasteiger partial charge is 0.493 e. The van der Waals surface area contributed by atoms with Crippen LogP contribution in [0, 0.1) is 0 Å². The lowest BCUT2D eigenvalue weighted by Crippen LogP contribution is -2.01. The van der Waals surface area contributed by atoms with E-state index in [1.54, 1.807) is 0 Å². The number of hydrogen-bond donors (Lipinski definition) is 0. The molecule has 0 N–H and O–H groups in total. The van der Waals surface area contributed by atoms with E-state index in [4.69, 9.17) is 4.74 Å². The first kappa shape index (κ1) is 12.2. The van der Waals surface area contributed by atoms with Crippen molar-refractivity contribution < 1.29 is 9.53 Å². The number of fused-ring (bicyclic) bond motifs is 2. The van der Waals surface area contributed by atoms with E-state index in [1.165, 1.54) is 0 Å². The van der Waals surface area contributed by atoms with Gasteiger partial charge < -0.3 is 9.30 Å². The first-order valence-corrected chi connectivity index (χ1v) is 7.08. The van der Waals surface area contributed by atoms with Crippen LogP contribution in [-0.2, 0) is 13.5 Å². The Bertz CT molecular complexity index is 861. The summed E-state index contributed by atoms with van der Waals surface area (Å²) in [5.41, 5.74) is 3.69. The fourth-order valence-corrected chi connectivity index (χ4v) is 3.01. The Hall–Kier alpha value is -2.55. The third kappa shape index (κ3) is 1.85. The number of benzene rings is 2. The van der Waals surface area contributed by atoms with Gasteiger partial charge in [0.2, 0.25) is 0 Å². The van der Waals surface area contributed by atoms with E-state index in [0.717, 1.165) is 39.8 Å². The van der Waals surface area contributed by atoms with Gasteiger partial charge in [0, 0.05) is 41.7 Å². The highest BCUT2D eigenvalue weighted by Crippen LogP contribution is 2.28. The van der Waals surface area contributed by atoms with Gasteiger partial charge in [-0.15, -0.1) is 0 Å². The van der Waals surface area contributed by atoms with Crippen LogP contribution < -0.4 is 4.74 Å². The monoisotopic (exact) mass is 277 g/mol. The lowest BCUT2D eigenvalue weighted by atomic mass is 10.00. The highest BCUT2D eigenvalue weighted by Gasteiger charge is 2.18. The molecule has 104 valence electrons. The zero-order chi connectivity index (χ0) is 14.4. The molecule has 3 heteroatoms. The second-order valence-corrected chi connectivity index (χ2v) is 5.42. The van der Waals surface area contributed by atoms with E-state index in [9.17, 15) is 4.79 Å². The third-order valence-electron chi connectivity index (χ3n) is 4.09. The van der Waals surface area contributed by atoms with Crippen LogP contribution in [0.25, 0.3) is 10.9 Å². The van der Waals surface area contributed by atoms with E-state index >= 15 is 0 Å². The summed E-state index contributed by atoms with van der Waals surface area (Å²) in [6.45, 7) is 0.710. The van der Waals surface area contributed by atoms with Crippen molar-refractivity contribution in [2.75, 3.05) is 6.61 Å². The number of rotatable bonds is 2. The number of ether oxygens (including phenoxy) is 1. The number of para-hydroxylation sites is 1. The number of hydrogen-bond acceptors (Lipinski definition) is 2. The fourth-order valence-electron chi connectivity index (χ4n) is 3.01. The summed E-state index contributed by atoms with van der Waals surface area (Å²) < 4.78 is 7.50. The lowest BCUT2D eigenvalue weighted by molar-refractivity contribution is 0.104. The van der Waals surface area contributed by atoms with Crippen LogP contribution in [0.4, 0.5) is 0 Å². The van der Waals surface area contributed by atoms with Gasteiger partial charge in [0.15, 0.2) is 5.78 Å². The molecule has 3 nitrogen and oxygen atoms in total. The molecule has 0 unspecified atom stereocenters. The topological polar surface area (TPSA) is 31.2 Å². The quantitative estimate of drug-likeness (QED) is 0.673. The van der Waals surface area contributed by atoms with Crippen molar-refractivity contribution >= 4 is 16.7 Å². The van der Waals surface area contributed by atoms with Gasteiger partial charge in [-0.25, -0.2) is 0 Å². The zero-order valence-electron chi connectivity index (χ0n) is 11.8. The third-order valence-corrected chi connectivity index (χ3v) is 4.09. The number of carbonyl (C=O) groups is 1. The van der Waals surface area contributed by atoms with E-state index in [1.807, 2.05) is 60.3 Å². The predicted molar refractivity (Wildman–Crippen MR) is 82.0 cm³/mol. The van der Waals surface area contributed by atoms with Crippen LogP contribution in [-0.4, -0.2) is 17.0 Å². The average Bonchev–Trinajstić information content (AvgIpc) is 3.11. The van der Waals surface area contributed by atoms with Gasteiger partial charge in [-0.3, -0.25) is 4.79 Å². The smallest absolute Gasteiger partial charge is 0.195 e. The summed E-state index contributed by atoms with van der Waals surface area (Å²) in [7, 11) is 1.97. The minimum atomic E-state index is 0.0708. The second-order valence-electron chi connectivity index (χ2n) is 5.42. The summed E-state index contributed by atoms with van der Waals surface area (Å²) in [4.78, 5) is 12.8. The van der Waals surface area contributed by atoms with Gasteiger partial charge in [-0.05, 0) is 29.8 Å². The first-order valence-electron chi connectivity index (χ1n) is 7.08. The minimum Gasteiger partial charge on any atom is -0.493 e. The molecule has 4 rings (SSSR count). The molecular formula is C18H15NO2. The Morgan fingerprint density at radius 1 is 1.19 bits per heavy atom. The Morgan fingerprint density at radius 2 is 2.05 bits per heavy atom. The normalized spacial score (nSPS) is 13.2. The number of aromatic nitrogens is 1. The Balaban J connectivity index is 1.83. The first-order chi connectivity index (χ1) is 10.2. The van der Waals surface area contributed by atoms with E-state index in [2.05, 4.69) is 0 Å². The predicted octanol–water partition coefficient (Wildman–Crippen LogP) is 3.34. The fraction of sp³-hybridized carbons (Fsp3) is 0.167. The number of ketones is 1. The SMILES string of the molecule is Cn1cc(C(=O)c2ccc3c(c2)CCO3)c2ccccc21. The summed E-state index contributed by atoms with van der Waals surface area (Å²) in [6, 6.07) is 13.7. The van der Waals surface area contributed by atoms with Crippen molar-refractivity contribution in [3.63, 3.8) is 0 Å². The molecule has 0 amide bonds. The molecule has 1 aliphatic rings. The second kappa shape index (κ2) is 4.48. The summed E-state index contributed by atoms with van der Waals surface area (Å²) in [5.74, 6) is 0.978. The van der Waals surface area contributed by atoms with E-state index < -0.39 is 0 Å². The Kier molecular flexibility index (Phi) is 2.61. The molecule has 2 heterocycles. The van der Waals surface area contributed by atoms with Gasteiger partial charge >= 0.3 is 0 Å². The number of carbonyl (C=O) groups excluding carboxylic acids is 1. The lowest BCUT2D eigenvalue weighted by Gasteiger charge is -2.03. The van der Waals surface area contributed by atoms with Crippen molar-refractivity contribution in [3.05, 3.63) is 65.4 Å². The zero-order valence-corrected chi connectivity index (χ0v) is 11.8. The molecule has 1 aromatic heterocycles.